The normalized spacial score (nSPS) is 15.2. The van der Waals surface area contributed by atoms with E-state index in [1.54, 1.807) is 13.2 Å². The van der Waals surface area contributed by atoms with Crippen LogP contribution in [0.25, 0.3) is 0 Å². The molecule has 0 unspecified atom stereocenters. The van der Waals surface area contributed by atoms with Crippen LogP contribution in [0.1, 0.15) is 11.1 Å². The molecule has 2 aromatic rings. The Balaban J connectivity index is 1.49. The maximum atomic E-state index is 13.7. The summed E-state index contributed by atoms with van der Waals surface area (Å²) in [5.74, 6) is 0.758. The van der Waals surface area contributed by atoms with Gasteiger partial charge in [-0.3, -0.25) is 9.69 Å². The fourth-order valence-electron chi connectivity index (χ4n) is 3.05. The van der Waals surface area contributed by atoms with Gasteiger partial charge in [-0.2, -0.15) is 0 Å². The standard InChI is InChI=1S/C20H23FN2O2/c1-25-18-8-6-16(7-9-18)14-20(24)23-12-10-22(11-13-23)15-17-4-2-3-5-19(17)21/h2-9H,10-15H2,1H3. The summed E-state index contributed by atoms with van der Waals surface area (Å²) in [5, 5.41) is 0. The third-order valence-corrected chi connectivity index (χ3v) is 4.59. The van der Waals surface area contributed by atoms with Gasteiger partial charge in [0, 0.05) is 38.3 Å². The monoisotopic (exact) mass is 342 g/mol. The van der Waals surface area contributed by atoms with Crippen molar-refractivity contribution in [2.45, 2.75) is 13.0 Å². The summed E-state index contributed by atoms with van der Waals surface area (Å²) in [7, 11) is 1.63. The van der Waals surface area contributed by atoms with Crippen LogP contribution in [0.3, 0.4) is 0 Å². The molecule has 1 heterocycles. The summed E-state index contributed by atoms with van der Waals surface area (Å²) in [5.41, 5.74) is 1.69. The first-order valence-corrected chi connectivity index (χ1v) is 8.52. The van der Waals surface area contributed by atoms with Crippen LogP contribution in [0.15, 0.2) is 48.5 Å². The molecule has 0 aliphatic carbocycles. The van der Waals surface area contributed by atoms with Crippen LogP contribution in [0, 0.1) is 5.82 Å². The molecule has 0 atom stereocenters. The summed E-state index contributed by atoms with van der Waals surface area (Å²) in [6.45, 7) is 3.49. The highest BCUT2D eigenvalue weighted by atomic mass is 19.1. The van der Waals surface area contributed by atoms with Gasteiger partial charge in [-0.1, -0.05) is 30.3 Å². The van der Waals surface area contributed by atoms with Gasteiger partial charge in [0.15, 0.2) is 0 Å². The lowest BCUT2D eigenvalue weighted by Crippen LogP contribution is -2.48. The van der Waals surface area contributed by atoms with Crippen molar-refractivity contribution in [1.29, 1.82) is 0 Å². The van der Waals surface area contributed by atoms with Crippen molar-refractivity contribution in [3.05, 3.63) is 65.5 Å². The highest BCUT2D eigenvalue weighted by Gasteiger charge is 2.21. The second-order valence-corrected chi connectivity index (χ2v) is 6.27. The van der Waals surface area contributed by atoms with Crippen LogP contribution in [-0.4, -0.2) is 49.0 Å². The molecule has 1 aliphatic rings. The van der Waals surface area contributed by atoms with Crippen molar-refractivity contribution < 1.29 is 13.9 Å². The molecule has 1 fully saturated rings. The summed E-state index contributed by atoms with van der Waals surface area (Å²) in [6.07, 6.45) is 0.400. The molecule has 0 N–H and O–H groups in total. The summed E-state index contributed by atoms with van der Waals surface area (Å²) in [6, 6.07) is 14.4. The Hall–Kier alpha value is -2.40. The van der Waals surface area contributed by atoms with E-state index < -0.39 is 0 Å². The molecule has 25 heavy (non-hydrogen) atoms. The second-order valence-electron chi connectivity index (χ2n) is 6.27. The summed E-state index contributed by atoms with van der Waals surface area (Å²) >= 11 is 0. The zero-order valence-electron chi connectivity index (χ0n) is 14.5. The molecule has 2 aromatic carbocycles. The molecule has 132 valence electrons. The van der Waals surface area contributed by atoms with E-state index in [9.17, 15) is 9.18 Å². The van der Waals surface area contributed by atoms with Gasteiger partial charge in [-0.25, -0.2) is 4.39 Å². The van der Waals surface area contributed by atoms with Crippen LogP contribution in [0.5, 0.6) is 5.75 Å². The third kappa shape index (κ3) is 4.57. The predicted molar refractivity (Wildman–Crippen MR) is 95.0 cm³/mol. The van der Waals surface area contributed by atoms with Crippen molar-refractivity contribution in [2.75, 3.05) is 33.3 Å². The summed E-state index contributed by atoms with van der Waals surface area (Å²) in [4.78, 5) is 16.5. The van der Waals surface area contributed by atoms with E-state index in [0.717, 1.165) is 24.4 Å². The highest BCUT2D eigenvalue weighted by Crippen LogP contribution is 2.15. The number of hydrogen-bond donors (Lipinski definition) is 0. The molecule has 0 bridgehead atoms. The number of ether oxygens (including phenoxy) is 1. The van der Waals surface area contributed by atoms with Gasteiger partial charge in [0.25, 0.3) is 0 Å². The molecular formula is C20H23FN2O2. The molecule has 3 rings (SSSR count). The lowest BCUT2D eigenvalue weighted by atomic mass is 10.1. The smallest absolute Gasteiger partial charge is 0.227 e. The van der Waals surface area contributed by atoms with Gasteiger partial charge >= 0.3 is 0 Å². The highest BCUT2D eigenvalue weighted by molar-refractivity contribution is 5.79. The summed E-state index contributed by atoms with van der Waals surface area (Å²) < 4.78 is 18.9. The van der Waals surface area contributed by atoms with Crippen molar-refractivity contribution in [2.24, 2.45) is 0 Å². The van der Waals surface area contributed by atoms with E-state index in [-0.39, 0.29) is 11.7 Å². The van der Waals surface area contributed by atoms with E-state index in [1.807, 2.05) is 41.3 Å². The molecule has 1 amide bonds. The van der Waals surface area contributed by atoms with Crippen molar-refractivity contribution in [3.8, 4) is 5.75 Å². The first kappa shape index (κ1) is 17.4. The zero-order chi connectivity index (χ0) is 17.6. The Morgan fingerprint density at radius 2 is 1.72 bits per heavy atom. The van der Waals surface area contributed by atoms with Crippen LogP contribution < -0.4 is 4.74 Å². The molecular weight excluding hydrogens is 319 g/mol. The van der Waals surface area contributed by atoms with Crippen molar-refractivity contribution >= 4 is 5.91 Å². The molecule has 4 nitrogen and oxygen atoms in total. The molecule has 5 heteroatoms. The first-order chi connectivity index (χ1) is 12.2. The van der Waals surface area contributed by atoms with Gasteiger partial charge in [0.05, 0.1) is 13.5 Å². The Labute approximate surface area is 147 Å². The SMILES string of the molecule is COc1ccc(CC(=O)N2CCN(Cc3ccccc3F)CC2)cc1. The molecule has 1 aliphatic heterocycles. The van der Waals surface area contributed by atoms with E-state index in [4.69, 9.17) is 4.74 Å². The minimum atomic E-state index is -0.166. The number of halogens is 1. The van der Waals surface area contributed by atoms with E-state index >= 15 is 0 Å². The minimum absolute atomic E-state index is 0.135. The third-order valence-electron chi connectivity index (χ3n) is 4.59. The molecule has 0 saturated carbocycles. The lowest BCUT2D eigenvalue weighted by Gasteiger charge is -2.35. The topological polar surface area (TPSA) is 32.8 Å². The Kier molecular flexibility index (Phi) is 5.66. The average molecular weight is 342 g/mol. The molecule has 1 saturated heterocycles. The van der Waals surface area contributed by atoms with Gasteiger partial charge in [-0.15, -0.1) is 0 Å². The van der Waals surface area contributed by atoms with Crippen molar-refractivity contribution in [3.63, 3.8) is 0 Å². The molecule has 0 aromatic heterocycles. The van der Waals surface area contributed by atoms with E-state index in [2.05, 4.69) is 4.90 Å². The number of carbonyl (C=O) groups excluding carboxylic acids is 1. The largest absolute Gasteiger partial charge is 0.497 e. The zero-order valence-corrected chi connectivity index (χ0v) is 14.5. The molecule has 0 radical (unpaired) electrons. The van der Waals surface area contributed by atoms with Crippen LogP contribution in [-0.2, 0) is 17.8 Å². The first-order valence-electron chi connectivity index (χ1n) is 8.52. The fraction of sp³-hybridized carbons (Fsp3) is 0.350. The van der Waals surface area contributed by atoms with Crippen LogP contribution in [0.4, 0.5) is 4.39 Å². The van der Waals surface area contributed by atoms with Crippen LogP contribution >= 0.6 is 0 Å². The number of methoxy groups -OCH3 is 1. The van der Waals surface area contributed by atoms with Gasteiger partial charge in [0.1, 0.15) is 11.6 Å². The Morgan fingerprint density at radius 3 is 2.36 bits per heavy atom. The van der Waals surface area contributed by atoms with E-state index in [1.165, 1.54) is 6.07 Å². The number of benzene rings is 2. The predicted octanol–water partition coefficient (Wildman–Crippen LogP) is 2.72. The number of piperazine rings is 1. The number of carbonyl (C=O) groups is 1. The maximum Gasteiger partial charge on any atom is 0.227 e. The number of rotatable bonds is 5. The molecule has 0 spiro atoms. The number of hydrogen-bond acceptors (Lipinski definition) is 3. The number of nitrogens with zero attached hydrogens (tertiary/aromatic N) is 2. The average Bonchev–Trinajstić information content (AvgIpc) is 2.65. The fourth-order valence-corrected chi connectivity index (χ4v) is 3.05. The number of amides is 1. The quantitative estimate of drug-likeness (QED) is 0.838. The van der Waals surface area contributed by atoms with Gasteiger partial charge in [-0.05, 0) is 23.8 Å². The van der Waals surface area contributed by atoms with Gasteiger partial charge < -0.3 is 9.64 Å². The Morgan fingerprint density at radius 1 is 1.04 bits per heavy atom. The van der Waals surface area contributed by atoms with E-state index in [0.29, 0.717) is 31.6 Å². The van der Waals surface area contributed by atoms with Gasteiger partial charge in [0.2, 0.25) is 5.91 Å². The van der Waals surface area contributed by atoms with Crippen LogP contribution in [0.2, 0.25) is 0 Å². The van der Waals surface area contributed by atoms with Crippen molar-refractivity contribution in [1.82, 2.24) is 9.80 Å². The second kappa shape index (κ2) is 8.12. The minimum Gasteiger partial charge on any atom is -0.497 e. The Bertz CT molecular complexity index is 710. The maximum absolute atomic E-state index is 13.7. The lowest BCUT2D eigenvalue weighted by molar-refractivity contribution is -0.132.